The average molecular weight is 220 g/mol. The summed E-state index contributed by atoms with van der Waals surface area (Å²) >= 11 is 0. The van der Waals surface area contributed by atoms with Crippen molar-refractivity contribution in [2.75, 3.05) is 19.8 Å². The summed E-state index contributed by atoms with van der Waals surface area (Å²) in [5, 5.41) is 3.36. The van der Waals surface area contributed by atoms with Crippen molar-refractivity contribution < 1.29 is 4.74 Å². The molecule has 3 nitrogen and oxygen atoms in total. The Kier molecular flexibility index (Phi) is 4.77. The lowest BCUT2D eigenvalue weighted by Crippen LogP contribution is -2.17. The number of aromatic nitrogens is 1. The lowest BCUT2D eigenvalue weighted by atomic mass is 10.3. The van der Waals surface area contributed by atoms with Gasteiger partial charge in [-0.1, -0.05) is 6.07 Å². The molecule has 3 heteroatoms. The predicted molar refractivity (Wildman–Crippen MR) is 64.1 cm³/mol. The molecule has 0 aliphatic heterocycles. The van der Waals surface area contributed by atoms with Gasteiger partial charge in [0.25, 0.3) is 0 Å². The van der Waals surface area contributed by atoms with Gasteiger partial charge in [-0.25, -0.2) is 0 Å². The van der Waals surface area contributed by atoms with Gasteiger partial charge in [-0.05, 0) is 43.9 Å². The first-order valence-electron chi connectivity index (χ1n) is 6.13. The van der Waals surface area contributed by atoms with Crippen LogP contribution in [0.5, 0.6) is 0 Å². The van der Waals surface area contributed by atoms with Crippen molar-refractivity contribution in [1.29, 1.82) is 0 Å². The van der Waals surface area contributed by atoms with Crippen molar-refractivity contribution >= 4 is 0 Å². The minimum Gasteiger partial charge on any atom is -0.381 e. The van der Waals surface area contributed by atoms with Gasteiger partial charge >= 0.3 is 0 Å². The summed E-state index contributed by atoms with van der Waals surface area (Å²) in [5.74, 6) is 0.876. The zero-order valence-corrected chi connectivity index (χ0v) is 9.69. The summed E-state index contributed by atoms with van der Waals surface area (Å²) in [7, 11) is 0. The molecule has 0 spiro atoms. The van der Waals surface area contributed by atoms with Crippen molar-refractivity contribution in [2.45, 2.75) is 25.8 Å². The Hall–Kier alpha value is -0.930. The molecule has 1 fully saturated rings. The molecule has 0 bridgehead atoms. The number of pyridine rings is 1. The van der Waals surface area contributed by atoms with E-state index in [2.05, 4.69) is 10.3 Å². The minimum absolute atomic E-state index is 0.851. The van der Waals surface area contributed by atoms with Crippen molar-refractivity contribution in [3.8, 4) is 0 Å². The van der Waals surface area contributed by atoms with Crippen molar-refractivity contribution in [3.63, 3.8) is 0 Å². The molecule has 1 heterocycles. The molecule has 88 valence electrons. The SMILES string of the molecule is c1ccc(CNCCCOCC2CC2)nc1. The van der Waals surface area contributed by atoms with E-state index in [0.29, 0.717) is 0 Å². The molecule has 0 aromatic carbocycles. The van der Waals surface area contributed by atoms with E-state index in [-0.39, 0.29) is 0 Å². The molecule has 0 unspecified atom stereocenters. The fraction of sp³-hybridized carbons (Fsp3) is 0.615. The molecule has 1 aliphatic rings. The first kappa shape index (κ1) is 11.6. The number of hydrogen-bond acceptors (Lipinski definition) is 3. The fourth-order valence-corrected chi connectivity index (χ4v) is 1.55. The van der Waals surface area contributed by atoms with Gasteiger partial charge in [-0.2, -0.15) is 0 Å². The van der Waals surface area contributed by atoms with Crippen LogP contribution in [0.1, 0.15) is 25.0 Å². The van der Waals surface area contributed by atoms with E-state index >= 15 is 0 Å². The maximum absolute atomic E-state index is 5.55. The monoisotopic (exact) mass is 220 g/mol. The van der Waals surface area contributed by atoms with E-state index in [1.165, 1.54) is 12.8 Å². The topological polar surface area (TPSA) is 34.1 Å². The van der Waals surface area contributed by atoms with Gasteiger partial charge < -0.3 is 10.1 Å². The highest BCUT2D eigenvalue weighted by Crippen LogP contribution is 2.28. The van der Waals surface area contributed by atoms with E-state index in [1.54, 1.807) is 0 Å². The van der Waals surface area contributed by atoms with Crippen LogP contribution in [0.15, 0.2) is 24.4 Å². The molecule has 1 aromatic heterocycles. The van der Waals surface area contributed by atoms with Crippen LogP contribution in [-0.4, -0.2) is 24.7 Å². The smallest absolute Gasteiger partial charge is 0.0541 e. The average Bonchev–Trinajstić information content (AvgIpc) is 3.13. The summed E-state index contributed by atoms with van der Waals surface area (Å²) in [4.78, 5) is 4.25. The van der Waals surface area contributed by atoms with Crippen molar-refractivity contribution in [1.82, 2.24) is 10.3 Å². The van der Waals surface area contributed by atoms with Gasteiger partial charge in [0.1, 0.15) is 0 Å². The molecular weight excluding hydrogens is 200 g/mol. The van der Waals surface area contributed by atoms with Crippen LogP contribution >= 0.6 is 0 Å². The zero-order valence-electron chi connectivity index (χ0n) is 9.69. The van der Waals surface area contributed by atoms with E-state index < -0.39 is 0 Å². The van der Waals surface area contributed by atoms with Crippen LogP contribution < -0.4 is 5.32 Å². The first-order chi connectivity index (χ1) is 7.95. The van der Waals surface area contributed by atoms with E-state index in [9.17, 15) is 0 Å². The Morgan fingerprint density at radius 3 is 3.06 bits per heavy atom. The third-order valence-corrected chi connectivity index (χ3v) is 2.72. The molecule has 0 amide bonds. The highest BCUT2D eigenvalue weighted by Gasteiger charge is 2.20. The molecule has 1 N–H and O–H groups in total. The van der Waals surface area contributed by atoms with Crippen LogP contribution in [0, 0.1) is 5.92 Å². The Morgan fingerprint density at radius 2 is 2.31 bits per heavy atom. The molecule has 0 radical (unpaired) electrons. The van der Waals surface area contributed by atoms with Gasteiger partial charge in [0.2, 0.25) is 0 Å². The largest absolute Gasteiger partial charge is 0.381 e. The molecule has 16 heavy (non-hydrogen) atoms. The second-order valence-corrected chi connectivity index (χ2v) is 4.37. The van der Waals surface area contributed by atoms with Crippen LogP contribution in [-0.2, 0) is 11.3 Å². The summed E-state index contributed by atoms with van der Waals surface area (Å²) in [6.45, 7) is 3.71. The van der Waals surface area contributed by atoms with Gasteiger partial charge in [0.05, 0.1) is 5.69 Å². The highest BCUT2D eigenvalue weighted by atomic mass is 16.5. The molecule has 2 rings (SSSR count). The summed E-state index contributed by atoms with van der Waals surface area (Å²) in [6.07, 6.45) is 5.66. The second kappa shape index (κ2) is 6.61. The Balaban J connectivity index is 1.42. The third-order valence-electron chi connectivity index (χ3n) is 2.72. The number of nitrogens with zero attached hydrogens (tertiary/aromatic N) is 1. The normalized spacial score (nSPS) is 15.2. The van der Waals surface area contributed by atoms with Gasteiger partial charge in [-0.3, -0.25) is 4.98 Å². The highest BCUT2D eigenvalue weighted by molar-refractivity contribution is 5.02. The molecule has 1 aromatic rings. The maximum Gasteiger partial charge on any atom is 0.0541 e. The Bertz CT molecular complexity index is 285. The van der Waals surface area contributed by atoms with Crippen molar-refractivity contribution in [2.24, 2.45) is 5.92 Å². The van der Waals surface area contributed by atoms with Gasteiger partial charge in [-0.15, -0.1) is 0 Å². The minimum atomic E-state index is 0.851. The lowest BCUT2D eigenvalue weighted by Gasteiger charge is -2.05. The van der Waals surface area contributed by atoms with E-state index in [4.69, 9.17) is 4.74 Å². The number of nitrogens with one attached hydrogen (secondary N) is 1. The van der Waals surface area contributed by atoms with E-state index in [0.717, 1.165) is 44.3 Å². The van der Waals surface area contributed by atoms with Gasteiger partial charge in [0, 0.05) is 26.0 Å². The van der Waals surface area contributed by atoms with Crippen LogP contribution in [0.2, 0.25) is 0 Å². The standard InChI is InChI=1S/C13H20N2O/c1-2-8-15-13(4-1)10-14-7-3-9-16-11-12-5-6-12/h1-2,4,8,12,14H,3,5-7,9-11H2. The molecular formula is C13H20N2O. The molecule has 0 saturated heterocycles. The van der Waals surface area contributed by atoms with Crippen LogP contribution in [0.25, 0.3) is 0 Å². The Labute approximate surface area is 97.2 Å². The quantitative estimate of drug-likeness (QED) is 0.680. The molecule has 1 saturated carbocycles. The molecule has 0 atom stereocenters. The Morgan fingerprint density at radius 1 is 1.38 bits per heavy atom. The zero-order chi connectivity index (χ0) is 11.1. The lowest BCUT2D eigenvalue weighted by molar-refractivity contribution is 0.122. The predicted octanol–water partition coefficient (Wildman–Crippen LogP) is 1.99. The van der Waals surface area contributed by atoms with Crippen LogP contribution in [0.3, 0.4) is 0 Å². The summed E-state index contributed by atoms with van der Waals surface area (Å²) in [5.41, 5.74) is 1.10. The van der Waals surface area contributed by atoms with Crippen LogP contribution in [0.4, 0.5) is 0 Å². The summed E-state index contributed by atoms with van der Waals surface area (Å²) < 4.78 is 5.55. The second-order valence-electron chi connectivity index (χ2n) is 4.37. The number of ether oxygens (including phenoxy) is 1. The number of hydrogen-bond donors (Lipinski definition) is 1. The third kappa shape index (κ3) is 4.73. The van der Waals surface area contributed by atoms with Gasteiger partial charge in [0.15, 0.2) is 0 Å². The van der Waals surface area contributed by atoms with Crippen molar-refractivity contribution in [3.05, 3.63) is 30.1 Å². The first-order valence-corrected chi connectivity index (χ1v) is 6.13. The van der Waals surface area contributed by atoms with E-state index in [1.807, 2.05) is 24.4 Å². The number of rotatable bonds is 8. The fourth-order valence-electron chi connectivity index (χ4n) is 1.55. The maximum atomic E-state index is 5.55. The summed E-state index contributed by atoms with van der Waals surface area (Å²) in [6, 6.07) is 5.99. The molecule has 1 aliphatic carbocycles.